The average Bonchev–Trinajstić information content (AvgIpc) is 2.94. The number of nitrogens with zero attached hydrogens (tertiary/aromatic N) is 1. The summed E-state index contributed by atoms with van der Waals surface area (Å²) in [5, 5.41) is 9.33. The van der Waals surface area contributed by atoms with E-state index in [0.717, 1.165) is 8.26 Å². The van der Waals surface area contributed by atoms with Gasteiger partial charge in [0, 0.05) is 17.6 Å². The van der Waals surface area contributed by atoms with Crippen LogP contribution >= 0.6 is 43.2 Å². The zero-order valence-electron chi connectivity index (χ0n) is 10.3. The van der Waals surface area contributed by atoms with Crippen LogP contribution in [0.4, 0.5) is 0 Å². The molecule has 0 spiro atoms. The highest BCUT2D eigenvalue weighted by atomic mass is 79.9. The van der Waals surface area contributed by atoms with Crippen molar-refractivity contribution in [3.05, 3.63) is 19.2 Å². The lowest BCUT2D eigenvalue weighted by molar-refractivity contribution is -0.148. The number of thiophene rings is 1. The van der Waals surface area contributed by atoms with Gasteiger partial charge in [0.2, 0.25) is 0 Å². The van der Waals surface area contributed by atoms with Crippen molar-refractivity contribution in [3.63, 3.8) is 0 Å². The Hall–Kier alpha value is -0.400. The summed E-state index contributed by atoms with van der Waals surface area (Å²) >= 11 is 8.07. The second-order valence-corrected chi connectivity index (χ2v) is 7.87. The topological polar surface area (TPSA) is 57.6 Å². The van der Waals surface area contributed by atoms with Gasteiger partial charge in [0.1, 0.15) is 0 Å². The van der Waals surface area contributed by atoms with Crippen LogP contribution < -0.4 is 0 Å². The molecule has 2 heterocycles. The first-order chi connectivity index (χ1) is 8.89. The SMILES string of the molecule is CCC1(C(=O)O)CCN(C(=O)c2cc(Br)c(Br)s2)C1. The van der Waals surface area contributed by atoms with E-state index in [4.69, 9.17) is 0 Å². The van der Waals surface area contributed by atoms with Crippen LogP contribution in [0.3, 0.4) is 0 Å². The van der Waals surface area contributed by atoms with Crippen molar-refractivity contribution >= 4 is 55.1 Å². The average molecular weight is 411 g/mol. The molecule has 1 aliphatic rings. The number of amides is 1. The van der Waals surface area contributed by atoms with Gasteiger partial charge in [-0.15, -0.1) is 11.3 Å². The Morgan fingerprint density at radius 1 is 1.53 bits per heavy atom. The lowest BCUT2D eigenvalue weighted by Gasteiger charge is -2.22. The van der Waals surface area contributed by atoms with Crippen molar-refractivity contribution in [2.75, 3.05) is 13.1 Å². The second kappa shape index (κ2) is 5.54. The summed E-state index contributed by atoms with van der Waals surface area (Å²) in [6.07, 6.45) is 1.07. The van der Waals surface area contributed by atoms with Crippen molar-refractivity contribution in [2.45, 2.75) is 19.8 Å². The largest absolute Gasteiger partial charge is 0.481 e. The maximum Gasteiger partial charge on any atom is 0.311 e. The fourth-order valence-electron chi connectivity index (χ4n) is 2.27. The number of halogens is 2. The molecule has 19 heavy (non-hydrogen) atoms. The summed E-state index contributed by atoms with van der Waals surface area (Å²) in [5.41, 5.74) is -0.776. The molecule has 1 aromatic heterocycles. The van der Waals surface area contributed by atoms with Gasteiger partial charge < -0.3 is 10.0 Å². The van der Waals surface area contributed by atoms with Gasteiger partial charge in [-0.3, -0.25) is 9.59 Å². The minimum Gasteiger partial charge on any atom is -0.481 e. The van der Waals surface area contributed by atoms with E-state index in [1.54, 1.807) is 11.0 Å². The Morgan fingerprint density at radius 2 is 2.21 bits per heavy atom. The predicted molar refractivity (Wildman–Crippen MR) is 80.6 cm³/mol. The minimum atomic E-state index is -0.807. The molecular formula is C12H13Br2NO3S. The molecule has 1 atom stereocenters. The number of likely N-dealkylation sites (tertiary alicyclic amines) is 1. The van der Waals surface area contributed by atoms with Crippen LogP contribution in [0.25, 0.3) is 0 Å². The molecule has 1 unspecified atom stereocenters. The van der Waals surface area contributed by atoms with Gasteiger partial charge >= 0.3 is 5.97 Å². The highest BCUT2D eigenvalue weighted by molar-refractivity contribution is 9.13. The van der Waals surface area contributed by atoms with Gasteiger partial charge in [0.05, 0.1) is 14.1 Å². The van der Waals surface area contributed by atoms with E-state index >= 15 is 0 Å². The molecule has 1 N–H and O–H groups in total. The van der Waals surface area contributed by atoms with Gasteiger partial charge in [-0.2, -0.15) is 0 Å². The van der Waals surface area contributed by atoms with Crippen LogP contribution in [0.15, 0.2) is 14.3 Å². The highest BCUT2D eigenvalue weighted by Gasteiger charge is 2.45. The molecule has 1 saturated heterocycles. The summed E-state index contributed by atoms with van der Waals surface area (Å²) in [5.74, 6) is -0.896. The third-order valence-electron chi connectivity index (χ3n) is 3.63. The fraction of sp³-hybridized carbons (Fsp3) is 0.500. The molecule has 1 amide bonds. The molecule has 0 aliphatic carbocycles. The standard InChI is InChI=1S/C12H13Br2NO3S/c1-2-12(11(17)18)3-4-15(6-12)10(16)8-5-7(13)9(14)19-8/h5H,2-4,6H2,1H3,(H,17,18). The van der Waals surface area contributed by atoms with Crippen LogP contribution in [0.1, 0.15) is 29.4 Å². The third-order valence-corrected chi connectivity index (χ3v) is 6.87. The first-order valence-electron chi connectivity index (χ1n) is 5.87. The Balaban J connectivity index is 2.17. The zero-order chi connectivity index (χ0) is 14.2. The van der Waals surface area contributed by atoms with Gasteiger partial charge in [0.25, 0.3) is 5.91 Å². The van der Waals surface area contributed by atoms with Gasteiger partial charge in [-0.25, -0.2) is 0 Å². The quantitative estimate of drug-likeness (QED) is 0.828. The van der Waals surface area contributed by atoms with E-state index in [-0.39, 0.29) is 5.91 Å². The Morgan fingerprint density at radius 3 is 2.63 bits per heavy atom. The third kappa shape index (κ3) is 2.73. The maximum absolute atomic E-state index is 12.3. The number of hydrogen-bond acceptors (Lipinski definition) is 3. The van der Waals surface area contributed by atoms with E-state index < -0.39 is 11.4 Å². The Labute approximate surface area is 132 Å². The number of carboxylic acids is 1. The molecular weight excluding hydrogens is 398 g/mol. The molecule has 2 rings (SSSR count). The lowest BCUT2D eigenvalue weighted by Crippen LogP contribution is -2.36. The van der Waals surface area contributed by atoms with Crippen LogP contribution in [-0.4, -0.2) is 35.0 Å². The summed E-state index contributed by atoms with van der Waals surface area (Å²) in [6.45, 7) is 2.66. The molecule has 0 bridgehead atoms. The molecule has 1 aromatic rings. The monoisotopic (exact) mass is 409 g/mol. The van der Waals surface area contributed by atoms with E-state index in [1.807, 2.05) is 6.92 Å². The maximum atomic E-state index is 12.3. The number of carbonyl (C=O) groups is 2. The molecule has 1 aliphatic heterocycles. The minimum absolute atomic E-state index is 0.0898. The Kier molecular flexibility index (Phi) is 4.37. The molecule has 1 fully saturated rings. The van der Waals surface area contributed by atoms with Crippen molar-refractivity contribution in [2.24, 2.45) is 5.41 Å². The van der Waals surface area contributed by atoms with Gasteiger partial charge in [-0.1, -0.05) is 6.92 Å². The Bertz CT molecular complexity index is 512. The number of hydrogen-bond donors (Lipinski definition) is 1. The first kappa shape index (κ1) is 15.0. The van der Waals surface area contributed by atoms with Crippen molar-refractivity contribution in [1.82, 2.24) is 4.90 Å². The predicted octanol–water partition coefficient (Wildman–Crippen LogP) is 3.60. The lowest BCUT2D eigenvalue weighted by atomic mass is 9.84. The second-order valence-electron chi connectivity index (χ2n) is 4.65. The molecule has 0 radical (unpaired) electrons. The van der Waals surface area contributed by atoms with Crippen LogP contribution in [0.5, 0.6) is 0 Å². The number of carboxylic acid groups (broad SMARTS) is 1. The van der Waals surface area contributed by atoms with Crippen molar-refractivity contribution < 1.29 is 14.7 Å². The molecule has 4 nitrogen and oxygen atoms in total. The van der Waals surface area contributed by atoms with E-state index in [9.17, 15) is 14.7 Å². The fourth-order valence-corrected chi connectivity index (χ4v) is 4.27. The van der Waals surface area contributed by atoms with Crippen molar-refractivity contribution in [1.29, 1.82) is 0 Å². The van der Waals surface area contributed by atoms with E-state index in [0.29, 0.717) is 30.8 Å². The van der Waals surface area contributed by atoms with E-state index in [2.05, 4.69) is 31.9 Å². The summed E-state index contributed by atoms with van der Waals surface area (Å²) < 4.78 is 1.72. The molecule has 7 heteroatoms. The molecule has 0 saturated carbocycles. The zero-order valence-corrected chi connectivity index (χ0v) is 14.3. The smallest absolute Gasteiger partial charge is 0.311 e. The van der Waals surface area contributed by atoms with Gasteiger partial charge in [0.15, 0.2) is 0 Å². The normalized spacial score (nSPS) is 22.8. The summed E-state index contributed by atoms with van der Waals surface area (Å²) in [6, 6.07) is 1.77. The van der Waals surface area contributed by atoms with E-state index in [1.165, 1.54) is 11.3 Å². The summed E-state index contributed by atoms with van der Waals surface area (Å²) in [4.78, 5) is 26.0. The number of carbonyl (C=O) groups excluding carboxylic acids is 1. The first-order valence-corrected chi connectivity index (χ1v) is 8.27. The summed E-state index contributed by atoms with van der Waals surface area (Å²) in [7, 11) is 0. The van der Waals surface area contributed by atoms with Crippen LogP contribution in [-0.2, 0) is 4.79 Å². The highest BCUT2D eigenvalue weighted by Crippen LogP contribution is 2.37. The van der Waals surface area contributed by atoms with Crippen LogP contribution in [0.2, 0.25) is 0 Å². The number of rotatable bonds is 3. The van der Waals surface area contributed by atoms with Crippen molar-refractivity contribution in [3.8, 4) is 0 Å². The van der Waals surface area contributed by atoms with Gasteiger partial charge in [-0.05, 0) is 50.8 Å². The van der Waals surface area contributed by atoms with Crippen LogP contribution in [0, 0.1) is 5.41 Å². The number of aliphatic carboxylic acids is 1. The molecule has 0 aromatic carbocycles. The molecule has 104 valence electrons.